The largest absolute Gasteiger partial charge is 0.330 e. The van der Waals surface area contributed by atoms with Gasteiger partial charge in [-0.3, -0.25) is 0 Å². The second-order valence-electron chi connectivity index (χ2n) is 4.01. The Morgan fingerprint density at radius 1 is 0.786 bits per heavy atom. The molecule has 0 heterocycles. The fourth-order valence-electron chi connectivity index (χ4n) is 1.58. The molecule has 0 saturated carbocycles. The topological polar surface area (TPSA) is 38.0 Å². The summed E-state index contributed by atoms with van der Waals surface area (Å²) in [5.41, 5.74) is 5.43. The molecule has 0 aliphatic carbocycles. The third-order valence-corrected chi connectivity index (χ3v) is 2.48. The fourth-order valence-corrected chi connectivity index (χ4v) is 1.58. The summed E-state index contributed by atoms with van der Waals surface area (Å²) in [6.07, 6.45) is 10.7. The van der Waals surface area contributed by atoms with E-state index in [-0.39, 0.29) is 0 Å². The molecule has 0 aliphatic rings. The summed E-state index contributed by atoms with van der Waals surface area (Å²) in [6, 6.07) is 0. The molecule has 0 aliphatic heterocycles. The molecule has 0 spiro atoms. The normalized spacial score (nSPS) is 10.7. The highest BCUT2D eigenvalue weighted by molar-refractivity contribution is 4.49. The predicted octanol–water partition coefficient (Wildman–Crippen LogP) is 2.68. The molecule has 0 aromatic rings. The van der Waals surface area contributed by atoms with Gasteiger partial charge in [-0.15, -0.1) is 0 Å². The summed E-state index contributed by atoms with van der Waals surface area (Å²) in [5.74, 6) is 0. The Balaban J connectivity index is 2.78. The van der Waals surface area contributed by atoms with Crippen molar-refractivity contribution in [3.63, 3.8) is 0 Å². The number of nitrogens with two attached hydrogens (primary N) is 1. The summed E-state index contributed by atoms with van der Waals surface area (Å²) in [7, 11) is 0. The lowest BCUT2D eigenvalue weighted by Gasteiger charge is -2.03. The number of rotatable bonds is 11. The van der Waals surface area contributed by atoms with E-state index in [0.29, 0.717) is 0 Å². The maximum atomic E-state index is 5.43. The first-order chi connectivity index (χ1) is 6.91. The average Bonchev–Trinajstić information content (AvgIpc) is 2.21. The highest BCUT2D eigenvalue weighted by atomic mass is 14.8. The minimum Gasteiger partial charge on any atom is -0.330 e. The van der Waals surface area contributed by atoms with Crippen LogP contribution in [-0.2, 0) is 0 Å². The molecule has 14 heavy (non-hydrogen) atoms. The van der Waals surface area contributed by atoms with Crippen molar-refractivity contribution in [2.24, 2.45) is 5.73 Å². The standard InChI is InChI=1S/C12H28N2/c1-2-11-14-12-9-7-5-3-4-6-8-10-13/h14H,2-13H2,1H3. The molecule has 0 amide bonds. The lowest BCUT2D eigenvalue weighted by atomic mass is 10.1. The van der Waals surface area contributed by atoms with Crippen molar-refractivity contribution < 1.29 is 0 Å². The van der Waals surface area contributed by atoms with Crippen LogP contribution in [0.3, 0.4) is 0 Å². The Hall–Kier alpha value is -0.0800. The van der Waals surface area contributed by atoms with Crippen molar-refractivity contribution in [2.75, 3.05) is 19.6 Å². The molecule has 2 heteroatoms. The van der Waals surface area contributed by atoms with E-state index in [0.717, 1.165) is 6.54 Å². The minimum atomic E-state index is 0.862. The summed E-state index contributed by atoms with van der Waals surface area (Å²) >= 11 is 0. The van der Waals surface area contributed by atoms with Gasteiger partial charge in [-0.25, -0.2) is 0 Å². The van der Waals surface area contributed by atoms with Gasteiger partial charge in [-0.05, 0) is 38.9 Å². The number of nitrogens with one attached hydrogen (secondary N) is 1. The molecule has 0 rings (SSSR count). The van der Waals surface area contributed by atoms with Crippen LogP contribution in [0.1, 0.15) is 58.3 Å². The van der Waals surface area contributed by atoms with Gasteiger partial charge in [0.05, 0.1) is 0 Å². The third kappa shape index (κ3) is 11.9. The zero-order valence-electron chi connectivity index (χ0n) is 9.86. The van der Waals surface area contributed by atoms with Crippen LogP contribution < -0.4 is 11.1 Å². The van der Waals surface area contributed by atoms with Crippen molar-refractivity contribution in [3.05, 3.63) is 0 Å². The number of unbranched alkanes of at least 4 members (excludes halogenated alkanes) is 6. The first-order valence-corrected chi connectivity index (χ1v) is 6.32. The second kappa shape index (κ2) is 12.9. The smallest absolute Gasteiger partial charge is 0.00489 e. The quantitative estimate of drug-likeness (QED) is 0.503. The van der Waals surface area contributed by atoms with Crippen molar-refractivity contribution >= 4 is 0 Å². The third-order valence-electron chi connectivity index (χ3n) is 2.48. The van der Waals surface area contributed by atoms with Crippen LogP contribution in [-0.4, -0.2) is 19.6 Å². The molecule has 0 radical (unpaired) electrons. The molecule has 0 aromatic carbocycles. The molecular weight excluding hydrogens is 172 g/mol. The SMILES string of the molecule is CCCNCCCCCCCCCN. The van der Waals surface area contributed by atoms with E-state index in [2.05, 4.69) is 12.2 Å². The summed E-state index contributed by atoms with van der Waals surface area (Å²) < 4.78 is 0. The Morgan fingerprint density at radius 3 is 1.93 bits per heavy atom. The van der Waals surface area contributed by atoms with Crippen molar-refractivity contribution in [3.8, 4) is 0 Å². The molecule has 0 bridgehead atoms. The molecule has 2 nitrogen and oxygen atoms in total. The first kappa shape index (κ1) is 13.9. The Morgan fingerprint density at radius 2 is 1.36 bits per heavy atom. The highest BCUT2D eigenvalue weighted by Crippen LogP contribution is 2.05. The van der Waals surface area contributed by atoms with E-state index >= 15 is 0 Å². The van der Waals surface area contributed by atoms with Gasteiger partial charge in [-0.1, -0.05) is 39.0 Å². The second-order valence-corrected chi connectivity index (χ2v) is 4.01. The van der Waals surface area contributed by atoms with E-state index in [9.17, 15) is 0 Å². The number of hydrogen-bond donors (Lipinski definition) is 2. The van der Waals surface area contributed by atoms with Crippen LogP contribution in [0, 0.1) is 0 Å². The molecule has 3 N–H and O–H groups in total. The highest BCUT2D eigenvalue weighted by Gasteiger charge is 1.91. The van der Waals surface area contributed by atoms with E-state index in [1.807, 2.05) is 0 Å². The van der Waals surface area contributed by atoms with Crippen LogP contribution in [0.25, 0.3) is 0 Å². The van der Waals surface area contributed by atoms with Crippen LogP contribution in [0.2, 0.25) is 0 Å². The molecule has 86 valence electrons. The summed E-state index contributed by atoms with van der Waals surface area (Å²) in [5, 5.41) is 3.43. The lowest BCUT2D eigenvalue weighted by molar-refractivity contribution is 0.558. The van der Waals surface area contributed by atoms with E-state index in [1.165, 1.54) is 64.5 Å². The maximum Gasteiger partial charge on any atom is -0.00489 e. The van der Waals surface area contributed by atoms with Gasteiger partial charge in [0.1, 0.15) is 0 Å². The Labute approximate surface area is 89.6 Å². The van der Waals surface area contributed by atoms with Crippen LogP contribution in [0.4, 0.5) is 0 Å². The zero-order chi connectivity index (χ0) is 10.5. The van der Waals surface area contributed by atoms with E-state index in [4.69, 9.17) is 5.73 Å². The lowest BCUT2D eigenvalue weighted by Crippen LogP contribution is -2.15. The van der Waals surface area contributed by atoms with Crippen LogP contribution in [0.15, 0.2) is 0 Å². The monoisotopic (exact) mass is 200 g/mol. The minimum absolute atomic E-state index is 0.862. The summed E-state index contributed by atoms with van der Waals surface area (Å²) in [6.45, 7) is 5.46. The Bertz CT molecular complexity index is 82.3. The van der Waals surface area contributed by atoms with Gasteiger partial charge in [0.25, 0.3) is 0 Å². The molecule has 0 saturated heterocycles. The van der Waals surface area contributed by atoms with Gasteiger partial charge in [0, 0.05) is 0 Å². The van der Waals surface area contributed by atoms with Crippen LogP contribution >= 0.6 is 0 Å². The fraction of sp³-hybridized carbons (Fsp3) is 1.00. The molecule has 0 fully saturated rings. The summed E-state index contributed by atoms with van der Waals surface area (Å²) in [4.78, 5) is 0. The average molecular weight is 200 g/mol. The van der Waals surface area contributed by atoms with Gasteiger partial charge in [0.15, 0.2) is 0 Å². The molecule has 0 aromatic heterocycles. The predicted molar refractivity (Wildman–Crippen MR) is 64.5 cm³/mol. The maximum absolute atomic E-state index is 5.43. The van der Waals surface area contributed by atoms with Crippen LogP contribution in [0.5, 0.6) is 0 Å². The molecule has 0 atom stereocenters. The van der Waals surface area contributed by atoms with Gasteiger partial charge in [-0.2, -0.15) is 0 Å². The Kier molecular flexibility index (Phi) is 12.8. The van der Waals surface area contributed by atoms with Gasteiger partial charge in [0.2, 0.25) is 0 Å². The van der Waals surface area contributed by atoms with E-state index < -0.39 is 0 Å². The molecule has 0 unspecified atom stereocenters. The first-order valence-electron chi connectivity index (χ1n) is 6.32. The van der Waals surface area contributed by atoms with Crippen molar-refractivity contribution in [2.45, 2.75) is 58.3 Å². The van der Waals surface area contributed by atoms with Gasteiger partial charge >= 0.3 is 0 Å². The van der Waals surface area contributed by atoms with Gasteiger partial charge < -0.3 is 11.1 Å². The van der Waals surface area contributed by atoms with Crippen molar-refractivity contribution in [1.29, 1.82) is 0 Å². The number of hydrogen-bond acceptors (Lipinski definition) is 2. The zero-order valence-corrected chi connectivity index (χ0v) is 9.86. The van der Waals surface area contributed by atoms with Crippen molar-refractivity contribution in [1.82, 2.24) is 5.32 Å². The molecular formula is C12H28N2. The van der Waals surface area contributed by atoms with E-state index in [1.54, 1.807) is 0 Å².